The number of fused-ring (bicyclic) bond motifs is 6. The standard InChI is InChI=1S/C13H9.C11H6BrO.2ClH.H2S.Zr/c1-3-7-12-10(5-1)9-11-6-2-4-8-13(11)12;12-10-6-8-5-7-3-1-2-4-9(7)11(8)13-10;;;;/h1-5,7-8H,9H2;1-5,11H;2*1H;1H2;/q;;;;;+3/p-3. The topological polar surface area (TPSA) is 9.23 Å². The van der Waals surface area contributed by atoms with E-state index in [0.717, 1.165) is 29.7 Å². The number of thiol groups is 1. The van der Waals surface area contributed by atoms with Crippen molar-refractivity contribution in [2.45, 2.75) is 12.5 Å². The van der Waals surface area contributed by atoms with Crippen LogP contribution in [0.5, 0.6) is 0 Å². The van der Waals surface area contributed by atoms with Crippen LogP contribution in [0.1, 0.15) is 28.4 Å². The molecule has 1 aliphatic heterocycles. The van der Waals surface area contributed by atoms with Gasteiger partial charge in [0.25, 0.3) is 0 Å². The van der Waals surface area contributed by atoms with Gasteiger partial charge in [-0.15, -0.1) is 0 Å². The molecule has 3 aromatic carbocycles. The zero-order valence-corrected chi connectivity index (χ0v) is 22.2. The van der Waals surface area contributed by atoms with E-state index in [1.807, 2.05) is 18.2 Å². The average molecular weight is 594 g/mol. The van der Waals surface area contributed by atoms with Gasteiger partial charge in [-0.05, 0) is 0 Å². The van der Waals surface area contributed by atoms with Gasteiger partial charge in [0.1, 0.15) is 0 Å². The fourth-order valence-electron chi connectivity index (χ4n) is 5.00. The molecule has 1 nitrogen and oxygen atoms in total. The van der Waals surface area contributed by atoms with E-state index in [2.05, 4.69) is 70.5 Å². The molecule has 3 aromatic rings. The molecule has 6 rings (SSSR count). The maximum atomic E-state index is 7.48. The monoisotopic (exact) mass is 591 g/mol. The Hall–Kier alpha value is -0.767. The van der Waals surface area contributed by atoms with Crippen LogP contribution in [0.15, 0.2) is 80.3 Å². The van der Waals surface area contributed by atoms with Crippen LogP contribution < -0.4 is 3.27 Å². The first-order valence-corrected chi connectivity index (χ1v) is 23.1. The van der Waals surface area contributed by atoms with Crippen molar-refractivity contribution in [1.82, 2.24) is 0 Å². The summed E-state index contributed by atoms with van der Waals surface area (Å²) in [5.74, 6) is 0. The van der Waals surface area contributed by atoms with Gasteiger partial charge in [-0.25, -0.2) is 0 Å². The predicted octanol–water partition coefficient (Wildman–Crippen LogP) is 7.46. The Balaban J connectivity index is 1.54. The Labute approximate surface area is 195 Å². The van der Waals surface area contributed by atoms with Gasteiger partial charge in [-0.3, -0.25) is 0 Å². The van der Waals surface area contributed by atoms with Crippen molar-refractivity contribution in [1.29, 1.82) is 0 Å². The van der Waals surface area contributed by atoms with E-state index in [4.69, 9.17) is 31.1 Å². The number of hydrogen-bond donors (Lipinski definition) is 1. The van der Waals surface area contributed by atoms with Gasteiger partial charge in [0, 0.05) is 0 Å². The molecule has 0 radical (unpaired) electrons. The van der Waals surface area contributed by atoms with E-state index in [1.54, 1.807) is 0 Å². The first kappa shape index (κ1) is 19.9. The molecular formula is C24H16BrCl2OSZr. The fraction of sp³-hybridized carbons (Fsp3) is 0.0833. The molecule has 0 saturated carbocycles. The maximum absolute atomic E-state index is 7.48. The molecule has 1 atom stereocenters. The first-order chi connectivity index (χ1) is 14.3. The predicted molar refractivity (Wildman–Crippen MR) is 129 cm³/mol. The Morgan fingerprint density at radius 2 is 1.67 bits per heavy atom. The summed E-state index contributed by atoms with van der Waals surface area (Å²) < 4.78 is 8.69. The number of hydrogen-bond acceptors (Lipinski definition) is 2. The number of ether oxygens (including phenoxy) is 1. The zero-order valence-electron chi connectivity index (χ0n) is 15.7. The van der Waals surface area contributed by atoms with Crippen LogP contribution in [0.3, 0.4) is 0 Å². The van der Waals surface area contributed by atoms with Crippen molar-refractivity contribution >= 4 is 51.7 Å². The van der Waals surface area contributed by atoms with Gasteiger partial charge >= 0.3 is 198 Å². The molecule has 0 amide bonds. The third-order valence-corrected chi connectivity index (χ3v) is 22.0. The molecule has 149 valence electrons. The van der Waals surface area contributed by atoms with E-state index in [1.165, 1.54) is 22.3 Å². The molecule has 0 N–H and O–H groups in total. The number of halogens is 3. The molecule has 0 aromatic heterocycles. The van der Waals surface area contributed by atoms with Gasteiger partial charge in [0.15, 0.2) is 0 Å². The third-order valence-electron chi connectivity index (χ3n) is 6.31. The molecule has 3 aliphatic rings. The molecule has 1 unspecified atom stereocenters. The van der Waals surface area contributed by atoms with Crippen LogP contribution in [-0.2, 0) is 26.1 Å². The van der Waals surface area contributed by atoms with Crippen molar-refractivity contribution < 1.29 is 19.7 Å². The summed E-state index contributed by atoms with van der Waals surface area (Å²) in [5.41, 5.74) is 8.26. The first-order valence-electron chi connectivity index (χ1n) is 9.74. The molecule has 0 spiro atoms. The minimum absolute atomic E-state index is 0.183. The van der Waals surface area contributed by atoms with E-state index in [-0.39, 0.29) is 6.10 Å². The van der Waals surface area contributed by atoms with E-state index >= 15 is 0 Å². The van der Waals surface area contributed by atoms with Gasteiger partial charge in [-0.2, -0.15) is 0 Å². The minimum atomic E-state index is -4.97. The van der Waals surface area contributed by atoms with Crippen LogP contribution in [0.25, 0.3) is 17.2 Å². The van der Waals surface area contributed by atoms with E-state index in [9.17, 15) is 0 Å². The molecule has 1 heterocycles. The number of rotatable bonds is 2. The summed E-state index contributed by atoms with van der Waals surface area (Å²) in [6, 6.07) is 23.0. The second kappa shape index (κ2) is 6.62. The Morgan fingerprint density at radius 3 is 2.53 bits per heavy atom. The molecule has 0 saturated heterocycles. The van der Waals surface area contributed by atoms with Crippen molar-refractivity contribution in [3.8, 4) is 11.1 Å². The Bertz CT molecular complexity index is 1320. The van der Waals surface area contributed by atoms with Crippen molar-refractivity contribution in [2.75, 3.05) is 0 Å². The molecule has 2 aliphatic carbocycles. The Morgan fingerprint density at radius 1 is 0.933 bits per heavy atom. The third kappa shape index (κ3) is 2.71. The van der Waals surface area contributed by atoms with Crippen LogP contribution in [0.4, 0.5) is 0 Å². The summed E-state index contributed by atoms with van der Waals surface area (Å²) in [6.07, 6.45) is 2.78. The number of benzene rings is 3. The second-order valence-electron chi connectivity index (χ2n) is 8.01. The van der Waals surface area contributed by atoms with Crippen molar-refractivity contribution in [2.24, 2.45) is 0 Å². The van der Waals surface area contributed by atoms with Gasteiger partial charge in [-0.1, -0.05) is 0 Å². The molecule has 0 bridgehead atoms. The summed E-state index contributed by atoms with van der Waals surface area (Å²) in [6.45, 7) is 0. The summed E-state index contributed by atoms with van der Waals surface area (Å²) in [4.78, 5) is 0. The summed E-state index contributed by atoms with van der Waals surface area (Å²) in [7, 11) is 20.1. The second-order valence-corrected chi connectivity index (χ2v) is 34.5. The zero-order chi connectivity index (χ0) is 20.7. The van der Waals surface area contributed by atoms with Crippen molar-refractivity contribution in [3.63, 3.8) is 0 Å². The van der Waals surface area contributed by atoms with Crippen molar-refractivity contribution in [3.05, 3.63) is 103 Å². The van der Waals surface area contributed by atoms with Crippen LogP contribution in [0.2, 0.25) is 0 Å². The van der Waals surface area contributed by atoms with Crippen LogP contribution in [0, 0.1) is 0 Å². The van der Waals surface area contributed by atoms with Crippen LogP contribution in [-0.4, -0.2) is 0 Å². The Kier molecular flexibility index (Phi) is 4.39. The van der Waals surface area contributed by atoms with Crippen LogP contribution >= 0.6 is 42.3 Å². The van der Waals surface area contributed by atoms with Gasteiger partial charge in [0.05, 0.1) is 0 Å². The fourth-order valence-corrected chi connectivity index (χ4v) is 23.1. The molecule has 30 heavy (non-hydrogen) atoms. The molecular weight excluding hydrogens is 578 g/mol. The normalized spacial score (nSPS) is 19.9. The molecule has 6 heteroatoms. The average Bonchev–Trinajstić information content (AvgIpc) is 3.36. The van der Waals surface area contributed by atoms with Gasteiger partial charge in [0.2, 0.25) is 0 Å². The van der Waals surface area contributed by atoms with E-state index < -0.39 is 14.9 Å². The summed E-state index contributed by atoms with van der Waals surface area (Å²) >= 11 is -1.33. The summed E-state index contributed by atoms with van der Waals surface area (Å²) in [5, 5.41) is 0. The SMILES string of the molecule is [SH][Zr]([Cl])([Cl])([C]1=C(Br)OC2C1=Cc1ccccc12)[c]1cccc2c1Cc1ccccc1-2. The molecule has 0 fully saturated rings. The van der Waals surface area contributed by atoms with Gasteiger partial charge < -0.3 is 0 Å². The van der Waals surface area contributed by atoms with E-state index in [0.29, 0.717) is 4.67 Å². The quantitative estimate of drug-likeness (QED) is 0.237.